The van der Waals surface area contributed by atoms with Gasteiger partial charge in [-0.3, -0.25) is 9.59 Å². The number of anilines is 1. The zero-order valence-corrected chi connectivity index (χ0v) is 16.1. The predicted octanol–water partition coefficient (Wildman–Crippen LogP) is 4.01. The Morgan fingerprint density at radius 1 is 1.36 bits per heavy atom. The average molecular weight is 412 g/mol. The number of nitriles is 1. The molecule has 0 radical (unpaired) electrons. The number of fused-ring (bicyclic) bond motifs is 2. The number of pyridine rings is 1. The van der Waals surface area contributed by atoms with Gasteiger partial charge in [-0.2, -0.15) is 5.26 Å². The van der Waals surface area contributed by atoms with Crippen molar-refractivity contribution in [2.45, 2.75) is 23.2 Å². The fourth-order valence-electron chi connectivity index (χ4n) is 3.04. The van der Waals surface area contributed by atoms with Gasteiger partial charge in [0.15, 0.2) is 0 Å². The van der Waals surface area contributed by atoms with Crippen molar-refractivity contribution in [2.75, 3.05) is 5.32 Å². The van der Waals surface area contributed by atoms with E-state index in [1.807, 2.05) is 34.9 Å². The van der Waals surface area contributed by atoms with Crippen molar-refractivity contribution in [1.82, 2.24) is 4.40 Å². The lowest BCUT2D eigenvalue weighted by Crippen LogP contribution is -2.31. The molecule has 0 saturated heterocycles. The van der Waals surface area contributed by atoms with E-state index in [1.165, 1.54) is 11.8 Å². The number of benzene rings is 1. The number of hydrogen-bond acceptors (Lipinski definition) is 5. The van der Waals surface area contributed by atoms with Crippen LogP contribution in [0, 0.1) is 11.3 Å². The van der Waals surface area contributed by atoms with E-state index in [9.17, 15) is 14.9 Å². The molecular formula is C20H14ClN3O3S. The number of ether oxygens (including phenoxy) is 1. The van der Waals surface area contributed by atoms with Gasteiger partial charge >= 0.3 is 5.97 Å². The van der Waals surface area contributed by atoms with Gasteiger partial charge in [-0.15, -0.1) is 11.8 Å². The van der Waals surface area contributed by atoms with Crippen LogP contribution in [-0.4, -0.2) is 21.5 Å². The van der Waals surface area contributed by atoms with Crippen LogP contribution in [0.25, 0.3) is 5.52 Å². The molecule has 3 heterocycles. The summed E-state index contributed by atoms with van der Waals surface area (Å²) in [5, 5.41) is 12.1. The number of thioether (sulfide) groups is 1. The molecule has 2 aromatic heterocycles. The first kappa shape index (κ1) is 18.4. The molecular weight excluding hydrogens is 398 g/mol. The molecule has 140 valence electrons. The summed E-state index contributed by atoms with van der Waals surface area (Å²) in [5.41, 5.74) is 2.51. The molecule has 28 heavy (non-hydrogen) atoms. The highest BCUT2D eigenvalue weighted by atomic mass is 35.5. The Bertz CT molecular complexity index is 1140. The lowest BCUT2D eigenvalue weighted by atomic mass is 10.2. The lowest BCUT2D eigenvalue weighted by molar-refractivity contribution is -0.145. The molecule has 1 aliphatic rings. The monoisotopic (exact) mass is 411 g/mol. The standard InChI is InChI=1S/C20H14ClN3O3S/c21-13-4-5-17-15(7-13)23-20(26)18(28-17)8-19(25)27-11-12-10-24-6-2-1-3-16(24)14(12)9-22/h1-7,10,18H,8,11H2,(H,23,26)/t18-/m0/s1. The number of carbonyl (C=O) groups is 2. The van der Waals surface area contributed by atoms with Crippen LogP contribution in [0.1, 0.15) is 17.5 Å². The minimum Gasteiger partial charge on any atom is -0.461 e. The first-order valence-electron chi connectivity index (χ1n) is 8.46. The van der Waals surface area contributed by atoms with E-state index in [2.05, 4.69) is 11.4 Å². The van der Waals surface area contributed by atoms with Gasteiger partial charge in [-0.25, -0.2) is 0 Å². The van der Waals surface area contributed by atoms with Crippen LogP contribution < -0.4 is 5.32 Å². The average Bonchev–Trinajstić information content (AvgIpc) is 3.04. The number of esters is 1. The van der Waals surface area contributed by atoms with Gasteiger partial charge in [0.1, 0.15) is 12.7 Å². The van der Waals surface area contributed by atoms with Crippen LogP contribution in [0.3, 0.4) is 0 Å². The second-order valence-electron chi connectivity index (χ2n) is 6.24. The Balaban J connectivity index is 1.42. The molecule has 0 bridgehead atoms. The van der Waals surface area contributed by atoms with Crippen molar-refractivity contribution >= 4 is 46.4 Å². The Kier molecular flexibility index (Phi) is 4.99. The van der Waals surface area contributed by atoms with Crippen molar-refractivity contribution in [3.63, 3.8) is 0 Å². The molecule has 1 atom stereocenters. The first-order chi connectivity index (χ1) is 13.5. The van der Waals surface area contributed by atoms with E-state index in [1.54, 1.807) is 18.3 Å². The van der Waals surface area contributed by atoms with Crippen LogP contribution in [0.15, 0.2) is 53.7 Å². The number of rotatable bonds is 4. The van der Waals surface area contributed by atoms with Gasteiger partial charge < -0.3 is 14.5 Å². The van der Waals surface area contributed by atoms with E-state index in [0.717, 1.165) is 10.4 Å². The number of hydrogen-bond donors (Lipinski definition) is 1. The summed E-state index contributed by atoms with van der Waals surface area (Å²) in [7, 11) is 0. The third-order valence-corrected chi connectivity index (χ3v) is 5.89. The number of halogens is 1. The lowest BCUT2D eigenvalue weighted by Gasteiger charge is -2.23. The van der Waals surface area contributed by atoms with Gasteiger partial charge in [0.2, 0.25) is 5.91 Å². The minimum absolute atomic E-state index is 0.0192. The fourth-order valence-corrected chi connectivity index (χ4v) is 4.29. The summed E-state index contributed by atoms with van der Waals surface area (Å²) >= 11 is 7.25. The largest absolute Gasteiger partial charge is 0.461 e. The number of aromatic nitrogens is 1. The molecule has 0 spiro atoms. The smallest absolute Gasteiger partial charge is 0.307 e. The van der Waals surface area contributed by atoms with E-state index in [-0.39, 0.29) is 18.9 Å². The third-order valence-electron chi connectivity index (χ3n) is 4.38. The van der Waals surface area contributed by atoms with Crippen LogP contribution in [0.5, 0.6) is 0 Å². The normalized spacial score (nSPS) is 15.6. The maximum absolute atomic E-state index is 12.3. The molecule has 3 aromatic rings. The Morgan fingerprint density at radius 2 is 2.21 bits per heavy atom. The fraction of sp³-hybridized carbons (Fsp3) is 0.150. The number of nitrogens with one attached hydrogen (secondary N) is 1. The summed E-state index contributed by atoms with van der Waals surface area (Å²) < 4.78 is 7.15. The number of nitrogens with zero attached hydrogens (tertiary/aromatic N) is 2. The zero-order chi connectivity index (χ0) is 19.7. The SMILES string of the molecule is N#Cc1c(COC(=O)C[C@@H]2Sc3ccc(Cl)cc3NC2=O)cn2ccccc12. The zero-order valence-electron chi connectivity index (χ0n) is 14.5. The molecule has 8 heteroatoms. The summed E-state index contributed by atoms with van der Waals surface area (Å²) in [6, 6.07) is 12.9. The quantitative estimate of drug-likeness (QED) is 0.656. The van der Waals surface area contributed by atoms with Crippen LogP contribution >= 0.6 is 23.4 Å². The van der Waals surface area contributed by atoms with Crippen LogP contribution in [-0.2, 0) is 20.9 Å². The molecule has 6 nitrogen and oxygen atoms in total. The topological polar surface area (TPSA) is 83.6 Å². The van der Waals surface area contributed by atoms with Gasteiger partial charge in [-0.05, 0) is 30.3 Å². The van der Waals surface area contributed by atoms with Crippen LogP contribution in [0.4, 0.5) is 5.69 Å². The molecule has 0 saturated carbocycles. The molecule has 0 unspecified atom stereocenters. The second kappa shape index (κ2) is 7.58. The Hall–Kier alpha value is -2.95. The maximum Gasteiger partial charge on any atom is 0.307 e. The molecule has 1 amide bonds. The number of carbonyl (C=O) groups excluding carboxylic acids is 2. The Labute approximate surface area is 170 Å². The molecule has 1 N–H and O–H groups in total. The molecule has 4 rings (SSSR count). The summed E-state index contributed by atoms with van der Waals surface area (Å²) in [4.78, 5) is 25.4. The summed E-state index contributed by atoms with van der Waals surface area (Å²) in [6.07, 6.45) is 3.53. The van der Waals surface area contributed by atoms with Crippen molar-refractivity contribution in [3.8, 4) is 6.07 Å². The van der Waals surface area contributed by atoms with E-state index >= 15 is 0 Å². The van der Waals surface area contributed by atoms with Gasteiger partial charge in [0.05, 0.1) is 28.4 Å². The first-order valence-corrected chi connectivity index (χ1v) is 9.72. The molecule has 1 aromatic carbocycles. The van der Waals surface area contributed by atoms with E-state index in [0.29, 0.717) is 21.8 Å². The van der Waals surface area contributed by atoms with Crippen molar-refractivity contribution in [2.24, 2.45) is 0 Å². The Morgan fingerprint density at radius 3 is 3.04 bits per heavy atom. The molecule has 0 aliphatic carbocycles. The summed E-state index contributed by atoms with van der Waals surface area (Å²) in [5.74, 6) is -0.756. The van der Waals surface area contributed by atoms with Crippen molar-refractivity contribution < 1.29 is 14.3 Å². The highest BCUT2D eigenvalue weighted by molar-refractivity contribution is 8.01. The molecule has 1 aliphatic heterocycles. The second-order valence-corrected chi connectivity index (χ2v) is 7.92. The van der Waals surface area contributed by atoms with Gasteiger partial charge in [0, 0.05) is 27.9 Å². The van der Waals surface area contributed by atoms with Crippen LogP contribution in [0.2, 0.25) is 5.02 Å². The number of amides is 1. The van der Waals surface area contributed by atoms with E-state index < -0.39 is 11.2 Å². The van der Waals surface area contributed by atoms with Gasteiger partial charge in [-0.1, -0.05) is 17.7 Å². The van der Waals surface area contributed by atoms with E-state index in [4.69, 9.17) is 16.3 Å². The predicted molar refractivity (Wildman–Crippen MR) is 106 cm³/mol. The minimum atomic E-state index is -0.579. The summed E-state index contributed by atoms with van der Waals surface area (Å²) in [6.45, 7) is -0.0192. The third kappa shape index (κ3) is 3.57. The molecule has 0 fully saturated rings. The maximum atomic E-state index is 12.3. The van der Waals surface area contributed by atoms with Crippen molar-refractivity contribution in [1.29, 1.82) is 5.26 Å². The van der Waals surface area contributed by atoms with Crippen molar-refractivity contribution in [3.05, 3.63) is 64.9 Å². The van der Waals surface area contributed by atoms with Gasteiger partial charge in [0.25, 0.3) is 0 Å². The highest BCUT2D eigenvalue weighted by Crippen LogP contribution is 2.38. The highest BCUT2D eigenvalue weighted by Gasteiger charge is 2.29.